The fraction of sp³-hybridized carbons (Fsp3) is 0.316. The van der Waals surface area contributed by atoms with Crippen LogP contribution >= 0.6 is 23.1 Å². The number of benzene rings is 1. The van der Waals surface area contributed by atoms with Crippen molar-refractivity contribution in [2.45, 2.75) is 37.5 Å². The zero-order chi connectivity index (χ0) is 21.0. The van der Waals surface area contributed by atoms with E-state index in [1.54, 1.807) is 29.2 Å². The summed E-state index contributed by atoms with van der Waals surface area (Å²) in [5.41, 5.74) is 1.78. The maximum atomic E-state index is 13.2. The number of imidazole rings is 1. The van der Waals surface area contributed by atoms with E-state index in [4.69, 9.17) is 0 Å². The van der Waals surface area contributed by atoms with Gasteiger partial charge in [0.2, 0.25) is 5.91 Å². The molecule has 0 N–H and O–H groups in total. The van der Waals surface area contributed by atoms with Crippen molar-refractivity contribution in [1.29, 1.82) is 0 Å². The molecule has 154 valence electrons. The van der Waals surface area contributed by atoms with Gasteiger partial charge in [0, 0.05) is 24.6 Å². The van der Waals surface area contributed by atoms with Crippen molar-refractivity contribution >= 4 is 34.1 Å². The predicted molar refractivity (Wildman–Crippen MR) is 109 cm³/mol. The van der Waals surface area contributed by atoms with Gasteiger partial charge in [0.05, 0.1) is 17.6 Å². The van der Waals surface area contributed by atoms with Crippen LogP contribution in [-0.4, -0.2) is 33.2 Å². The number of halogens is 3. The Kier molecular flexibility index (Phi) is 6.63. The summed E-state index contributed by atoms with van der Waals surface area (Å²) in [5.74, 6) is 0.254. The SMILES string of the molecule is CCN(C(C)=O)c1nc(CSc2ncc(-c3ccccc3)n2CC(F)(F)F)cs1. The predicted octanol–water partition coefficient (Wildman–Crippen LogP) is 5.23. The van der Waals surface area contributed by atoms with Gasteiger partial charge in [0.1, 0.15) is 6.54 Å². The van der Waals surface area contributed by atoms with Gasteiger partial charge in [-0.25, -0.2) is 9.97 Å². The largest absolute Gasteiger partial charge is 0.406 e. The summed E-state index contributed by atoms with van der Waals surface area (Å²) in [4.78, 5) is 21.8. The molecule has 0 atom stereocenters. The second-order valence-electron chi connectivity index (χ2n) is 6.17. The van der Waals surface area contributed by atoms with Gasteiger partial charge in [-0.15, -0.1) is 11.3 Å². The van der Waals surface area contributed by atoms with Crippen LogP contribution in [0.2, 0.25) is 0 Å². The van der Waals surface area contributed by atoms with Crippen LogP contribution in [0.4, 0.5) is 18.3 Å². The highest BCUT2D eigenvalue weighted by Crippen LogP contribution is 2.32. The standard InChI is InChI=1S/C19H19F3N4OS2/c1-3-25(13(2)27)18-24-15(11-29-18)10-28-17-23-9-16(14-7-5-4-6-8-14)26(17)12-19(20,21)22/h4-9,11H,3,10,12H2,1-2H3. The zero-order valence-electron chi connectivity index (χ0n) is 15.8. The molecule has 1 aromatic carbocycles. The Morgan fingerprint density at radius 1 is 1.28 bits per heavy atom. The molecule has 0 unspecified atom stereocenters. The van der Waals surface area contributed by atoms with E-state index < -0.39 is 12.7 Å². The first-order valence-corrected chi connectivity index (χ1v) is 10.7. The number of thioether (sulfide) groups is 1. The molecule has 0 saturated heterocycles. The molecular formula is C19H19F3N4OS2. The van der Waals surface area contributed by atoms with Crippen LogP contribution in [0.15, 0.2) is 47.1 Å². The van der Waals surface area contributed by atoms with E-state index in [0.29, 0.717) is 34.4 Å². The molecule has 5 nitrogen and oxygen atoms in total. The Bertz CT molecular complexity index is 969. The molecule has 2 heterocycles. The van der Waals surface area contributed by atoms with Crippen LogP contribution in [0.5, 0.6) is 0 Å². The first-order valence-electron chi connectivity index (χ1n) is 8.81. The molecule has 0 saturated carbocycles. The molecule has 0 radical (unpaired) electrons. The Morgan fingerprint density at radius 3 is 2.62 bits per heavy atom. The summed E-state index contributed by atoms with van der Waals surface area (Å²) >= 11 is 2.53. The van der Waals surface area contributed by atoms with Gasteiger partial charge in [-0.3, -0.25) is 9.69 Å². The van der Waals surface area contributed by atoms with Gasteiger partial charge < -0.3 is 4.57 Å². The molecule has 1 amide bonds. The van der Waals surface area contributed by atoms with E-state index in [-0.39, 0.29) is 11.1 Å². The van der Waals surface area contributed by atoms with Gasteiger partial charge in [0.25, 0.3) is 0 Å². The van der Waals surface area contributed by atoms with E-state index in [1.807, 2.05) is 18.4 Å². The molecule has 0 spiro atoms. The quantitative estimate of drug-likeness (QED) is 0.472. The van der Waals surface area contributed by atoms with Crippen molar-refractivity contribution in [3.63, 3.8) is 0 Å². The second-order valence-corrected chi connectivity index (χ2v) is 7.95. The van der Waals surface area contributed by atoms with E-state index in [1.165, 1.54) is 40.8 Å². The number of hydrogen-bond donors (Lipinski definition) is 0. The third-order valence-corrected chi connectivity index (χ3v) is 5.98. The van der Waals surface area contributed by atoms with Gasteiger partial charge in [-0.2, -0.15) is 13.2 Å². The molecule has 0 bridgehead atoms. The van der Waals surface area contributed by atoms with Crippen molar-refractivity contribution in [2.24, 2.45) is 0 Å². The summed E-state index contributed by atoms with van der Waals surface area (Å²) < 4.78 is 40.7. The first-order chi connectivity index (χ1) is 13.8. The van der Waals surface area contributed by atoms with Crippen molar-refractivity contribution in [3.8, 4) is 11.3 Å². The summed E-state index contributed by atoms with van der Waals surface area (Å²) in [6, 6.07) is 8.87. The highest BCUT2D eigenvalue weighted by molar-refractivity contribution is 7.98. The highest BCUT2D eigenvalue weighted by atomic mass is 32.2. The van der Waals surface area contributed by atoms with Crippen LogP contribution in [-0.2, 0) is 17.1 Å². The summed E-state index contributed by atoms with van der Waals surface area (Å²) in [6.07, 6.45) is -2.90. The molecule has 0 aliphatic rings. The lowest BCUT2D eigenvalue weighted by Gasteiger charge is -2.14. The first kappa shape index (κ1) is 21.4. The van der Waals surface area contributed by atoms with E-state index >= 15 is 0 Å². The van der Waals surface area contributed by atoms with Gasteiger partial charge in [0.15, 0.2) is 10.3 Å². The Morgan fingerprint density at radius 2 is 2.00 bits per heavy atom. The molecule has 0 aliphatic heterocycles. The molecule has 0 fully saturated rings. The Hall–Kier alpha value is -2.33. The molecule has 3 rings (SSSR count). The number of thiazole rings is 1. The maximum Gasteiger partial charge on any atom is 0.406 e. The minimum Gasteiger partial charge on any atom is -0.310 e. The van der Waals surface area contributed by atoms with Crippen LogP contribution in [0, 0.1) is 0 Å². The van der Waals surface area contributed by atoms with Crippen LogP contribution in [0.25, 0.3) is 11.3 Å². The number of rotatable bonds is 7. The number of hydrogen-bond acceptors (Lipinski definition) is 5. The number of amides is 1. The second kappa shape index (κ2) is 9.00. The topological polar surface area (TPSA) is 51.0 Å². The van der Waals surface area contributed by atoms with Gasteiger partial charge in [-0.1, -0.05) is 42.1 Å². The third kappa shape index (κ3) is 5.39. The number of aromatic nitrogens is 3. The molecular weight excluding hydrogens is 421 g/mol. The number of anilines is 1. The Balaban J connectivity index is 1.82. The number of carbonyl (C=O) groups excluding carboxylic acids is 1. The third-order valence-electron chi connectivity index (χ3n) is 4.04. The average Bonchev–Trinajstić information content (AvgIpc) is 3.27. The summed E-state index contributed by atoms with van der Waals surface area (Å²) in [7, 11) is 0. The average molecular weight is 441 g/mol. The fourth-order valence-corrected chi connectivity index (χ4v) is 4.67. The van der Waals surface area contributed by atoms with Crippen LogP contribution < -0.4 is 4.90 Å². The highest BCUT2D eigenvalue weighted by Gasteiger charge is 2.31. The van der Waals surface area contributed by atoms with Gasteiger partial charge >= 0.3 is 6.18 Å². The smallest absolute Gasteiger partial charge is 0.310 e. The van der Waals surface area contributed by atoms with Crippen molar-refractivity contribution in [1.82, 2.24) is 14.5 Å². The number of alkyl halides is 3. The van der Waals surface area contributed by atoms with Crippen molar-refractivity contribution in [2.75, 3.05) is 11.4 Å². The van der Waals surface area contributed by atoms with Crippen LogP contribution in [0.1, 0.15) is 19.5 Å². The van der Waals surface area contributed by atoms with Crippen molar-refractivity contribution < 1.29 is 18.0 Å². The maximum absolute atomic E-state index is 13.2. The fourth-order valence-electron chi connectivity index (χ4n) is 2.76. The molecule has 29 heavy (non-hydrogen) atoms. The zero-order valence-corrected chi connectivity index (χ0v) is 17.4. The lowest BCUT2D eigenvalue weighted by atomic mass is 10.2. The van der Waals surface area contributed by atoms with Crippen LogP contribution in [0.3, 0.4) is 0 Å². The lowest BCUT2D eigenvalue weighted by molar-refractivity contribution is -0.141. The van der Waals surface area contributed by atoms with Crippen molar-refractivity contribution in [3.05, 3.63) is 47.6 Å². The van der Waals surface area contributed by atoms with E-state index in [0.717, 1.165) is 0 Å². The minimum atomic E-state index is -4.36. The van der Waals surface area contributed by atoms with Gasteiger partial charge in [-0.05, 0) is 12.5 Å². The Labute approximate surface area is 174 Å². The molecule has 3 aromatic rings. The summed E-state index contributed by atoms with van der Waals surface area (Å²) in [6.45, 7) is 2.72. The summed E-state index contributed by atoms with van der Waals surface area (Å²) in [5, 5.41) is 2.66. The molecule has 10 heteroatoms. The number of nitrogens with zero attached hydrogens (tertiary/aromatic N) is 4. The molecule has 0 aliphatic carbocycles. The minimum absolute atomic E-state index is 0.103. The van der Waals surface area contributed by atoms with E-state index in [2.05, 4.69) is 9.97 Å². The normalized spacial score (nSPS) is 11.6. The van der Waals surface area contributed by atoms with E-state index in [9.17, 15) is 18.0 Å². The number of carbonyl (C=O) groups is 1. The lowest BCUT2D eigenvalue weighted by Crippen LogP contribution is -2.27. The molecule has 2 aromatic heterocycles. The monoisotopic (exact) mass is 440 g/mol.